The highest BCUT2D eigenvalue weighted by molar-refractivity contribution is 5.94. The molecule has 0 heterocycles. The van der Waals surface area contributed by atoms with Gasteiger partial charge in [-0.25, -0.2) is 4.39 Å². The van der Waals surface area contributed by atoms with Gasteiger partial charge in [0.05, 0.1) is 0 Å². The smallest absolute Gasteiger partial charge is 0.251 e. The quantitative estimate of drug-likeness (QED) is 0.886. The van der Waals surface area contributed by atoms with Crippen LogP contribution in [-0.2, 0) is 6.42 Å². The Kier molecular flexibility index (Phi) is 4.93. The molecule has 21 heavy (non-hydrogen) atoms. The molecule has 0 bridgehead atoms. The number of carbonyl (C=O) groups is 1. The van der Waals surface area contributed by atoms with Gasteiger partial charge >= 0.3 is 0 Å². The second-order valence-electron chi connectivity index (χ2n) is 5.03. The summed E-state index contributed by atoms with van der Waals surface area (Å²) in [5, 5.41) is 5.95. The molecule has 0 aliphatic rings. The van der Waals surface area contributed by atoms with E-state index < -0.39 is 0 Å². The molecule has 2 aromatic carbocycles. The topological polar surface area (TPSA) is 41.1 Å². The first-order valence-corrected chi connectivity index (χ1v) is 6.91. The lowest BCUT2D eigenvalue weighted by Crippen LogP contribution is -2.34. The van der Waals surface area contributed by atoms with Crippen LogP contribution in [0.1, 0.15) is 22.8 Å². The molecule has 2 N–H and O–H groups in total. The van der Waals surface area contributed by atoms with E-state index in [9.17, 15) is 9.18 Å². The largest absolute Gasteiger partial charge is 0.388 e. The maximum Gasteiger partial charge on any atom is 0.251 e. The van der Waals surface area contributed by atoms with E-state index in [1.165, 1.54) is 12.1 Å². The molecule has 0 fully saturated rings. The number of benzene rings is 2. The monoisotopic (exact) mass is 286 g/mol. The Morgan fingerprint density at radius 2 is 1.71 bits per heavy atom. The van der Waals surface area contributed by atoms with E-state index >= 15 is 0 Å². The van der Waals surface area contributed by atoms with Crippen molar-refractivity contribution in [1.82, 2.24) is 5.32 Å². The summed E-state index contributed by atoms with van der Waals surface area (Å²) in [5.41, 5.74) is 2.58. The van der Waals surface area contributed by atoms with Crippen molar-refractivity contribution in [3.8, 4) is 0 Å². The summed E-state index contributed by atoms with van der Waals surface area (Å²) >= 11 is 0. The van der Waals surface area contributed by atoms with Gasteiger partial charge in [0.2, 0.25) is 0 Å². The number of hydrogen-bond acceptors (Lipinski definition) is 2. The molecule has 0 aliphatic carbocycles. The first-order chi connectivity index (χ1) is 10.1. The number of hydrogen-bond donors (Lipinski definition) is 2. The van der Waals surface area contributed by atoms with E-state index in [-0.39, 0.29) is 17.8 Å². The Hall–Kier alpha value is -2.36. The molecule has 0 aliphatic heterocycles. The SMILES string of the molecule is CNc1ccc(C(=O)NC(C)Cc2ccc(F)cc2)cc1. The highest BCUT2D eigenvalue weighted by Gasteiger charge is 2.10. The molecular weight excluding hydrogens is 267 g/mol. The fraction of sp³-hybridized carbons (Fsp3) is 0.235. The average Bonchev–Trinajstić information content (AvgIpc) is 2.49. The molecule has 0 saturated heterocycles. The van der Waals surface area contributed by atoms with Crippen LogP contribution in [0.4, 0.5) is 10.1 Å². The van der Waals surface area contributed by atoms with Gasteiger partial charge in [0.1, 0.15) is 5.82 Å². The molecule has 2 rings (SSSR count). The Labute approximate surface area is 124 Å². The van der Waals surface area contributed by atoms with Crippen molar-refractivity contribution in [3.63, 3.8) is 0 Å². The molecule has 4 heteroatoms. The number of nitrogens with one attached hydrogen (secondary N) is 2. The zero-order valence-corrected chi connectivity index (χ0v) is 12.2. The van der Waals surface area contributed by atoms with Crippen LogP contribution in [0.3, 0.4) is 0 Å². The van der Waals surface area contributed by atoms with Crippen LogP contribution >= 0.6 is 0 Å². The maximum atomic E-state index is 12.8. The first-order valence-electron chi connectivity index (χ1n) is 6.91. The van der Waals surface area contributed by atoms with E-state index in [1.54, 1.807) is 24.3 Å². The minimum atomic E-state index is -0.250. The average molecular weight is 286 g/mol. The zero-order valence-electron chi connectivity index (χ0n) is 12.2. The summed E-state index contributed by atoms with van der Waals surface area (Å²) in [5.74, 6) is -0.354. The van der Waals surface area contributed by atoms with Gasteiger partial charge in [0.15, 0.2) is 0 Å². The second kappa shape index (κ2) is 6.88. The molecule has 1 unspecified atom stereocenters. The van der Waals surface area contributed by atoms with Crippen LogP contribution in [0.2, 0.25) is 0 Å². The highest BCUT2D eigenvalue weighted by Crippen LogP contribution is 2.10. The number of carbonyl (C=O) groups excluding carboxylic acids is 1. The summed E-state index contributed by atoms with van der Waals surface area (Å²) in [7, 11) is 1.83. The maximum absolute atomic E-state index is 12.8. The van der Waals surface area contributed by atoms with Crippen LogP contribution in [0, 0.1) is 5.82 Å². The van der Waals surface area contributed by atoms with Crippen LogP contribution in [0.25, 0.3) is 0 Å². The van der Waals surface area contributed by atoms with Gasteiger partial charge in [-0.05, 0) is 55.3 Å². The molecule has 3 nitrogen and oxygen atoms in total. The lowest BCUT2D eigenvalue weighted by molar-refractivity contribution is 0.0940. The molecule has 0 spiro atoms. The van der Waals surface area contributed by atoms with Gasteiger partial charge in [-0.1, -0.05) is 12.1 Å². The minimum absolute atomic E-state index is 0.0214. The number of halogens is 1. The summed E-state index contributed by atoms with van der Waals surface area (Å²) in [6, 6.07) is 13.6. The van der Waals surface area contributed by atoms with Crippen molar-refractivity contribution in [3.05, 3.63) is 65.5 Å². The summed E-state index contributed by atoms with van der Waals surface area (Å²) in [6.07, 6.45) is 0.667. The van der Waals surface area contributed by atoms with Crippen LogP contribution in [0.5, 0.6) is 0 Å². The molecule has 0 saturated carbocycles. The van der Waals surface area contributed by atoms with Crippen LogP contribution in [-0.4, -0.2) is 19.0 Å². The third kappa shape index (κ3) is 4.31. The molecule has 1 amide bonds. The normalized spacial score (nSPS) is 11.8. The third-order valence-electron chi connectivity index (χ3n) is 3.27. The van der Waals surface area contributed by atoms with E-state index in [0.717, 1.165) is 11.3 Å². The summed E-state index contributed by atoms with van der Waals surface area (Å²) in [6.45, 7) is 1.93. The second-order valence-corrected chi connectivity index (χ2v) is 5.03. The molecular formula is C17H19FN2O. The molecule has 2 aromatic rings. The fourth-order valence-corrected chi connectivity index (χ4v) is 2.12. The van der Waals surface area contributed by atoms with Crippen molar-refractivity contribution in [2.75, 3.05) is 12.4 Å². The molecule has 0 radical (unpaired) electrons. The lowest BCUT2D eigenvalue weighted by atomic mass is 10.1. The molecule has 0 aromatic heterocycles. The van der Waals surface area contributed by atoms with Crippen LogP contribution < -0.4 is 10.6 Å². The number of anilines is 1. The summed E-state index contributed by atoms with van der Waals surface area (Å²) < 4.78 is 12.8. The van der Waals surface area contributed by atoms with Crippen molar-refractivity contribution in [2.24, 2.45) is 0 Å². The highest BCUT2D eigenvalue weighted by atomic mass is 19.1. The van der Waals surface area contributed by atoms with Gasteiger partial charge < -0.3 is 10.6 Å². The van der Waals surface area contributed by atoms with Crippen molar-refractivity contribution < 1.29 is 9.18 Å². The Morgan fingerprint density at radius 3 is 2.29 bits per heavy atom. The Balaban J connectivity index is 1.93. The van der Waals surface area contributed by atoms with Crippen molar-refractivity contribution >= 4 is 11.6 Å². The molecule has 1 atom stereocenters. The van der Waals surface area contributed by atoms with E-state index in [2.05, 4.69) is 10.6 Å². The van der Waals surface area contributed by atoms with Gasteiger partial charge in [0, 0.05) is 24.3 Å². The standard InChI is InChI=1S/C17H19FN2O/c1-12(11-13-3-7-15(18)8-4-13)20-17(21)14-5-9-16(19-2)10-6-14/h3-10,12,19H,11H2,1-2H3,(H,20,21). The summed E-state index contributed by atoms with van der Waals surface area (Å²) in [4.78, 5) is 12.1. The van der Waals surface area contributed by atoms with E-state index in [1.807, 2.05) is 26.1 Å². The van der Waals surface area contributed by atoms with E-state index in [4.69, 9.17) is 0 Å². The van der Waals surface area contributed by atoms with Crippen molar-refractivity contribution in [1.29, 1.82) is 0 Å². The van der Waals surface area contributed by atoms with Crippen LogP contribution in [0.15, 0.2) is 48.5 Å². The van der Waals surface area contributed by atoms with Crippen molar-refractivity contribution in [2.45, 2.75) is 19.4 Å². The fourth-order valence-electron chi connectivity index (χ4n) is 2.12. The van der Waals surface area contributed by atoms with E-state index in [0.29, 0.717) is 12.0 Å². The zero-order chi connectivity index (χ0) is 15.2. The van der Waals surface area contributed by atoms with Gasteiger partial charge in [-0.2, -0.15) is 0 Å². The minimum Gasteiger partial charge on any atom is -0.388 e. The van der Waals surface area contributed by atoms with Gasteiger partial charge in [-0.3, -0.25) is 4.79 Å². The van der Waals surface area contributed by atoms with Gasteiger partial charge in [0.25, 0.3) is 5.91 Å². The predicted molar refractivity (Wildman–Crippen MR) is 83.0 cm³/mol. The van der Waals surface area contributed by atoms with Gasteiger partial charge in [-0.15, -0.1) is 0 Å². The predicted octanol–water partition coefficient (Wildman–Crippen LogP) is 3.23. The Morgan fingerprint density at radius 1 is 1.10 bits per heavy atom. The number of rotatable bonds is 5. The lowest BCUT2D eigenvalue weighted by Gasteiger charge is -2.14. The third-order valence-corrected chi connectivity index (χ3v) is 3.27. The molecule has 110 valence electrons. The number of amides is 1. The first kappa shape index (κ1) is 15.0. The Bertz CT molecular complexity index is 593.